The van der Waals surface area contributed by atoms with Crippen molar-refractivity contribution in [1.82, 2.24) is 4.98 Å². The van der Waals surface area contributed by atoms with Crippen molar-refractivity contribution in [2.24, 2.45) is 0 Å². The van der Waals surface area contributed by atoms with E-state index in [-0.39, 0.29) is 10.8 Å². The highest BCUT2D eigenvalue weighted by molar-refractivity contribution is 7.92. The van der Waals surface area contributed by atoms with Gasteiger partial charge in [0.05, 0.1) is 22.5 Å². The van der Waals surface area contributed by atoms with Crippen molar-refractivity contribution in [2.45, 2.75) is 16.7 Å². The van der Waals surface area contributed by atoms with Gasteiger partial charge in [0.1, 0.15) is 0 Å². The van der Waals surface area contributed by atoms with Crippen molar-refractivity contribution >= 4 is 39.9 Å². The topological polar surface area (TPSA) is 88.2 Å². The summed E-state index contributed by atoms with van der Waals surface area (Å²) in [5, 5.41) is 2.56. The molecule has 110 valence electrons. The number of nitrogens with zero attached hydrogens (tertiary/aromatic N) is 1. The smallest absolute Gasteiger partial charge is 0.261 e. The molecule has 0 fully saturated rings. The van der Waals surface area contributed by atoms with Crippen LogP contribution in [0.5, 0.6) is 0 Å². The number of anilines is 2. The fraction of sp³-hybridized carbons (Fsp3) is 0.0769. The van der Waals surface area contributed by atoms with Crippen LogP contribution in [0.15, 0.2) is 52.5 Å². The molecule has 0 saturated carbocycles. The highest BCUT2D eigenvalue weighted by Crippen LogP contribution is 2.24. The second-order valence-corrected chi connectivity index (χ2v) is 6.37. The SMILES string of the molecule is CC(=O)Nc1ccc(S(=O)(=O)Nc2cccnc2)cc1S. The van der Waals surface area contributed by atoms with E-state index in [1.807, 2.05) is 0 Å². The number of rotatable bonds is 4. The van der Waals surface area contributed by atoms with E-state index < -0.39 is 10.0 Å². The summed E-state index contributed by atoms with van der Waals surface area (Å²) in [5.41, 5.74) is 0.815. The summed E-state index contributed by atoms with van der Waals surface area (Å²) in [7, 11) is -3.73. The van der Waals surface area contributed by atoms with Crippen molar-refractivity contribution in [3.63, 3.8) is 0 Å². The lowest BCUT2D eigenvalue weighted by Crippen LogP contribution is -2.13. The Morgan fingerprint density at radius 2 is 2.05 bits per heavy atom. The summed E-state index contributed by atoms with van der Waals surface area (Å²) in [6.07, 6.45) is 2.96. The van der Waals surface area contributed by atoms with Gasteiger partial charge in [-0.05, 0) is 30.3 Å². The molecule has 0 bridgehead atoms. The largest absolute Gasteiger partial charge is 0.325 e. The fourth-order valence-corrected chi connectivity index (χ4v) is 3.04. The predicted molar refractivity (Wildman–Crippen MR) is 83.0 cm³/mol. The van der Waals surface area contributed by atoms with E-state index in [9.17, 15) is 13.2 Å². The molecule has 0 aliphatic heterocycles. The van der Waals surface area contributed by atoms with Gasteiger partial charge in [0, 0.05) is 18.0 Å². The summed E-state index contributed by atoms with van der Waals surface area (Å²) < 4.78 is 26.9. The monoisotopic (exact) mass is 323 g/mol. The Hall–Kier alpha value is -2.06. The zero-order valence-electron chi connectivity index (χ0n) is 11.1. The molecule has 2 N–H and O–H groups in total. The Balaban J connectivity index is 2.29. The second-order valence-electron chi connectivity index (χ2n) is 4.21. The first kappa shape index (κ1) is 15.3. The van der Waals surface area contributed by atoms with Gasteiger partial charge >= 0.3 is 0 Å². The van der Waals surface area contributed by atoms with E-state index in [2.05, 4.69) is 27.7 Å². The van der Waals surface area contributed by atoms with E-state index in [4.69, 9.17) is 0 Å². The number of aromatic nitrogens is 1. The van der Waals surface area contributed by atoms with Crippen LogP contribution in [0.3, 0.4) is 0 Å². The number of benzene rings is 1. The molecule has 0 radical (unpaired) electrons. The molecule has 2 aromatic rings. The van der Waals surface area contributed by atoms with E-state index in [1.54, 1.807) is 18.3 Å². The average molecular weight is 323 g/mol. The maximum Gasteiger partial charge on any atom is 0.261 e. The molecule has 8 heteroatoms. The lowest BCUT2D eigenvalue weighted by Gasteiger charge is -2.10. The van der Waals surface area contributed by atoms with Crippen LogP contribution in [0.1, 0.15) is 6.92 Å². The molecule has 1 amide bonds. The van der Waals surface area contributed by atoms with Crippen LogP contribution in [0.2, 0.25) is 0 Å². The Morgan fingerprint density at radius 1 is 1.29 bits per heavy atom. The zero-order valence-corrected chi connectivity index (χ0v) is 12.8. The van der Waals surface area contributed by atoms with E-state index in [1.165, 1.54) is 31.3 Å². The molecule has 0 saturated heterocycles. The Morgan fingerprint density at radius 3 is 2.62 bits per heavy atom. The van der Waals surface area contributed by atoms with E-state index in [0.29, 0.717) is 16.3 Å². The number of hydrogen-bond donors (Lipinski definition) is 3. The lowest BCUT2D eigenvalue weighted by atomic mass is 10.3. The van der Waals surface area contributed by atoms with E-state index >= 15 is 0 Å². The number of sulfonamides is 1. The third-order valence-electron chi connectivity index (χ3n) is 2.50. The van der Waals surface area contributed by atoms with Gasteiger partial charge in [0.15, 0.2) is 0 Å². The van der Waals surface area contributed by atoms with Crippen LogP contribution in [0.4, 0.5) is 11.4 Å². The molecule has 0 aliphatic carbocycles. The highest BCUT2D eigenvalue weighted by atomic mass is 32.2. The normalized spacial score (nSPS) is 11.0. The molecule has 2 rings (SSSR count). The van der Waals surface area contributed by atoms with Gasteiger partial charge in [-0.1, -0.05) is 0 Å². The molecule has 0 unspecified atom stereocenters. The minimum absolute atomic E-state index is 0.0467. The Kier molecular flexibility index (Phi) is 4.49. The van der Waals surface area contributed by atoms with Crippen LogP contribution >= 0.6 is 12.6 Å². The quantitative estimate of drug-likeness (QED) is 0.752. The van der Waals surface area contributed by atoms with Gasteiger partial charge in [-0.25, -0.2) is 8.42 Å². The third-order valence-corrected chi connectivity index (χ3v) is 4.25. The lowest BCUT2D eigenvalue weighted by molar-refractivity contribution is -0.114. The highest BCUT2D eigenvalue weighted by Gasteiger charge is 2.16. The standard InChI is InChI=1S/C13H13N3O3S2/c1-9(17)15-12-5-4-11(7-13(12)20)21(18,19)16-10-3-2-6-14-8-10/h2-8,16,20H,1H3,(H,15,17). The minimum Gasteiger partial charge on any atom is -0.325 e. The van der Waals surface area contributed by atoms with Gasteiger partial charge in [-0.2, -0.15) is 0 Å². The number of pyridine rings is 1. The van der Waals surface area contributed by atoms with Crippen molar-refractivity contribution in [1.29, 1.82) is 0 Å². The average Bonchev–Trinajstić information content (AvgIpc) is 2.41. The summed E-state index contributed by atoms with van der Waals surface area (Å²) >= 11 is 4.18. The van der Waals surface area contributed by atoms with Crippen LogP contribution in [0.25, 0.3) is 0 Å². The van der Waals surface area contributed by atoms with Gasteiger partial charge in [-0.3, -0.25) is 14.5 Å². The minimum atomic E-state index is -3.73. The molecule has 0 aliphatic rings. The Bertz CT molecular complexity index is 761. The summed E-state index contributed by atoms with van der Waals surface area (Å²) in [6, 6.07) is 7.47. The maximum atomic E-state index is 12.2. The van der Waals surface area contributed by atoms with Gasteiger partial charge in [0.25, 0.3) is 10.0 Å². The van der Waals surface area contributed by atoms with Crippen molar-refractivity contribution in [3.8, 4) is 0 Å². The number of amides is 1. The number of carbonyl (C=O) groups excluding carboxylic acids is 1. The first-order valence-electron chi connectivity index (χ1n) is 5.92. The molecule has 0 spiro atoms. The van der Waals surface area contributed by atoms with Gasteiger partial charge in [0.2, 0.25) is 5.91 Å². The molecule has 1 aromatic carbocycles. The van der Waals surface area contributed by atoms with Gasteiger partial charge < -0.3 is 5.32 Å². The third kappa shape index (κ3) is 3.96. The van der Waals surface area contributed by atoms with Crippen molar-refractivity contribution < 1.29 is 13.2 Å². The molecule has 1 aromatic heterocycles. The molecule has 21 heavy (non-hydrogen) atoms. The summed E-state index contributed by atoms with van der Waals surface area (Å²) in [6.45, 7) is 1.36. The number of nitrogens with one attached hydrogen (secondary N) is 2. The summed E-state index contributed by atoms with van der Waals surface area (Å²) in [4.78, 5) is 15.3. The molecule has 0 atom stereocenters. The molecule has 1 heterocycles. The van der Waals surface area contributed by atoms with Crippen molar-refractivity contribution in [2.75, 3.05) is 10.0 Å². The van der Waals surface area contributed by atoms with Gasteiger partial charge in [-0.15, -0.1) is 12.6 Å². The molecular formula is C13H13N3O3S2. The maximum absolute atomic E-state index is 12.2. The van der Waals surface area contributed by atoms with Crippen LogP contribution in [-0.2, 0) is 14.8 Å². The number of thiol groups is 1. The van der Waals surface area contributed by atoms with Crippen LogP contribution in [0, 0.1) is 0 Å². The zero-order chi connectivity index (χ0) is 15.5. The molecular weight excluding hydrogens is 310 g/mol. The first-order valence-corrected chi connectivity index (χ1v) is 7.85. The molecule has 6 nitrogen and oxygen atoms in total. The predicted octanol–water partition coefficient (Wildman–Crippen LogP) is 2.13. The van der Waals surface area contributed by atoms with Crippen molar-refractivity contribution in [3.05, 3.63) is 42.7 Å². The number of carbonyl (C=O) groups is 1. The van der Waals surface area contributed by atoms with Crippen LogP contribution < -0.4 is 10.0 Å². The second kappa shape index (κ2) is 6.15. The van der Waals surface area contributed by atoms with E-state index in [0.717, 1.165) is 0 Å². The Labute approximate surface area is 128 Å². The fourth-order valence-electron chi connectivity index (χ4n) is 1.61. The first-order chi connectivity index (χ1) is 9.88. The van der Waals surface area contributed by atoms with Crippen LogP contribution in [-0.4, -0.2) is 19.3 Å². The number of hydrogen-bond acceptors (Lipinski definition) is 5. The summed E-state index contributed by atoms with van der Waals surface area (Å²) in [5.74, 6) is -0.255.